The van der Waals surface area contributed by atoms with Crippen molar-refractivity contribution in [1.82, 2.24) is 10.1 Å². The van der Waals surface area contributed by atoms with Gasteiger partial charge in [0.2, 0.25) is 5.89 Å². The highest BCUT2D eigenvalue weighted by atomic mass is 32.2. The first-order valence-electron chi connectivity index (χ1n) is 7.48. The number of thioether (sulfide) groups is 2. The zero-order chi connectivity index (χ0) is 13.9. The second-order valence-corrected chi connectivity index (χ2v) is 8.46. The number of aromatic nitrogens is 2. The number of hydrogen-bond donors (Lipinski definition) is 1. The zero-order valence-corrected chi connectivity index (χ0v) is 13.5. The summed E-state index contributed by atoms with van der Waals surface area (Å²) in [5, 5.41) is 15.2. The van der Waals surface area contributed by atoms with Crippen molar-refractivity contribution in [2.75, 3.05) is 11.5 Å². The summed E-state index contributed by atoms with van der Waals surface area (Å²) in [5.74, 6) is 4.18. The Balaban J connectivity index is 1.61. The fourth-order valence-corrected chi connectivity index (χ4v) is 5.75. The van der Waals surface area contributed by atoms with Crippen LogP contribution in [-0.2, 0) is 6.42 Å². The van der Waals surface area contributed by atoms with E-state index in [0.717, 1.165) is 24.4 Å². The third-order valence-electron chi connectivity index (χ3n) is 4.25. The van der Waals surface area contributed by atoms with Crippen LogP contribution in [0, 0.1) is 5.92 Å². The summed E-state index contributed by atoms with van der Waals surface area (Å²) in [5.41, 5.74) is 0. The van der Waals surface area contributed by atoms with E-state index in [1.807, 2.05) is 23.5 Å². The molecular formula is C14H22N2O2S2. The largest absolute Gasteiger partial charge is 0.392 e. The van der Waals surface area contributed by atoms with Crippen molar-refractivity contribution in [3.63, 3.8) is 0 Å². The predicted octanol–water partition coefficient (Wildman–Crippen LogP) is 3.07. The van der Waals surface area contributed by atoms with Crippen molar-refractivity contribution in [3.8, 4) is 0 Å². The maximum atomic E-state index is 10.2. The van der Waals surface area contributed by atoms with Crippen molar-refractivity contribution in [2.45, 2.75) is 55.6 Å². The van der Waals surface area contributed by atoms with Crippen LogP contribution in [0.3, 0.4) is 0 Å². The van der Waals surface area contributed by atoms with Crippen LogP contribution in [0.25, 0.3) is 0 Å². The summed E-state index contributed by atoms with van der Waals surface area (Å²) >= 11 is 3.89. The van der Waals surface area contributed by atoms with Crippen molar-refractivity contribution < 1.29 is 9.63 Å². The molecule has 6 heteroatoms. The molecule has 3 atom stereocenters. The maximum Gasteiger partial charge on any atom is 0.229 e. The summed E-state index contributed by atoms with van der Waals surface area (Å²) in [4.78, 5) is 4.52. The first-order chi connectivity index (χ1) is 9.74. The molecule has 1 aromatic heterocycles. The van der Waals surface area contributed by atoms with E-state index in [9.17, 15) is 5.11 Å². The van der Waals surface area contributed by atoms with Gasteiger partial charge >= 0.3 is 0 Å². The van der Waals surface area contributed by atoms with E-state index >= 15 is 0 Å². The Kier molecular flexibility index (Phi) is 4.94. The minimum absolute atomic E-state index is 0.323. The first-order valence-corrected chi connectivity index (χ1v) is 9.57. The average Bonchev–Trinajstić information content (AvgIpc) is 3.10. The molecule has 1 saturated heterocycles. The maximum absolute atomic E-state index is 10.2. The van der Waals surface area contributed by atoms with Gasteiger partial charge in [-0.25, -0.2) is 0 Å². The molecule has 112 valence electrons. The molecule has 20 heavy (non-hydrogen) atoms. The molecule has 1 N–H and O–H groups in total. The number of rotatable bonds is 4. The monoisotopic (exact) mass is 314 g/mol. The highest BCUT2D eigenvalue weighted by Gasteiger charge is 2.30. The van der Waals surface area contributed by atoms with Crippen LogP contribution in [-0.4, -0.2) is 38.1 Å². The molecule has 2 heterocycles. The molecule has 2 aliphatic rings. The summed E-state index contributed by atoms with van der Waals surface area (Å²) in [6.07, 6.45) is 4.94. The van der Waals surface area contributed by atoms with Gasteiger partial charge in [-0.2, -0.15) is 16.7 Å². The van der Waals surface area contributed by atoms with Gasteiger partial charge in [-0.1, -0.05) is 24.9 Å². The molecule has 0 aromatic carbocycles. The molecule has 0 bridgehead atoms. The van der Waals surface area contributed by atoms with Crippen LogP contribution in [0.5, 0.6) is 0 Å². The van der Waals surface area contributed by atoms with Gasteiger partial charge in [0.1, 0.15) is 0 Å². The first kappa shape index (κ1) is 14.7. The van der Waals surface area contributed by atoms with E-state index in [-0.39, 0.29) is 6.10 Å². The van der Waals surface area contributed by atoms with Gasteiger partial charge in [0, 0.05) is 16.8 Å². The van der Waals surface area contributed by atoms with E-state index in [1.165, 1.54) is 18.6 Å². The standard InChI is InChI=1S/C14H22N2O2S2/c1-9-13(20-7-6-19-9)14-15-12(18-16-14)8-11(17)10-4-2-3-5-10/h9-11,13,17H,2-8H2,1H3. The number of hydrogen-bond acceptors (Lipinski definition) is 6. The zero-order valence-electron chi connectivity index (χ0n) is 11.8. The Morgan fingerprint density at radius 2 is 2.05 bits per heavy atom. The summed E-state index contributed by atoms with van der Waals surface area (Å²) < 4.78 is 5.35. The molecular weight excluding hydrogens is 292 g/mol. The minimum Gasteiger partial charge on any atom is -0.392 e. The van der Waals surface area contributed by atoms with Crippen LogP contribution >= 0.6 is 23.5 Å². The molecule has 0 amide bonds. The van der Waals surface area contributed by atoms with Crippen LogP contribution in [0.4, 0.5) is 0 Å². The number of aliphatic hydroxyl groups is 1. The van der Waals surface area contributed by atoms with Gasteiger partial charge in [0.25, 0.3) is 0 Å². The number of nitrogens with zero attached hydrogens (tertiary/aromatic N) is 2. The molecule has 3 rings (SSSR count). The highest BCUT2D eigenvalue weighted by Crippen LogP contribution is 2.41. The molecule has 0 radical (unpaired) electrons. The van der Waals surface area contributed by atoms with Crippen LogP contribution in [0.1, 0.15) is 49.6 Å². The lowest BCUT2D eigenvalue weighted by atomic mass is 9.98. The van der Waals surface area contributed by atoms with E-state index in [4.69, 9.17) is 4.52 Å². The van der Waals surface area contributed by atoms with Crippen LogP contribution < -0.4 is 0 Å². The molecule has 1 aliphatic heterocycles. The average molecular weight is 314 g/mol. The Labute approximate surface area is 128 Å². The summed E-state index contributed by atoms with van der Waals surface area (Å²) in [6, 6.07) is 0. The van der Waals surface area contributed by atoms with Crippen molar-refractivity contribution in [2.24, 2.45) is 5.92 Å². The predicted molar refractivity (Wildman–Crippen MR) is 83.1 cm³/mol. The summed E-state index contributed by atoms with van der Waals surface area (Å²) in [6.45, 7) is 2.23. The third kappa shape index (κ3) is 3.34. The van der Waals surface area contributed by atoms with Gasteiger partial charge in [-0.3, -0.25) is 0 Å². The van der Waals surface area contributed by atoms with E-state index < -0.39 is 0 Å². The van der Waals surface area contributed by atoms with Gasteiger partial charge in [-0.05, 0) is 18.8 Å². The second kappa shape index (κ2) is 6.71. The quantitative estimate of drug-likeness (QED) is 0.921. The van der Waals surface area contributed by atoms with Crippen molar-refractivity contribution in [3.05, 3.63) is 11.7 Å². The van der Waals surface area contributed by atoms with Gasteiger partial charge in [0.15, 0.2) is 5.82 Å². The van der Waals surface area contributed by atoms with Crippen LogP contribution in [0.15, 0.2) is 4.52 Å². The van der Waals surface area contributed by atoms with Gasteiger partial charge in [0.05, 0.1) is 17.8 Å². The third-order valence-corrected chi connectivity index (χ3v) is 7.34. The Morgan fingerprint density at radius 1 is 1.30 bits per heavy atom. The second-order valence-electron chi connectivity index (χ2n) is 5.73. The molecule has 1 aromatic rings. The fraction of sp³-hybridized carbons (Fsp3) is 0.857. The molecule has 4 nitrogen and oxygen atoms in total. The smallest absolute Gasteiger partial charge is 0.229 e. The lowest BCUT2D eigenvalue weighted by Gasteiger charge is -2.24. The Hall–Kier alpha value is -0.200. The normalized spacial score (nSPS) is 29.7. The van der Waals surface area contributed by atoms with E-state index in [2.05, 4.69) is 17.1 Å². The van der Waals surface area contributed by atoms with Crippen molar-refractivity contribution in [1.29, 1.82) is 0 Å². The number of aliphatic hydroxyl groups excluding tert-OH is 1. The molecule has 1 saturated carbocycles. The summed E-state index contributed by atoms with van der Waals surface area (Å²) in [7, 11) is 0. The SMILES string of the molecule is CC1SCCSC1c1noc(CC(O)C2CCCC2)n1. The lowest BCUT2D eigenvalue weighted by molar-refractivity contribution is 0.102. The van der Waals surface area contributed by atoms with E-state index in [0.29, 0.717) is 28.7 Å². The lowest BCUT2D eigenvalue weighted by Crippen LogP contribution is -2.20. The Bertz CT molecular complexity index is 435. The fourth-order valence-electron chi connectivity index (χ4n) is 3.07. The molecule has 1 aliphatic carbocycles. The van der Waals surface area contributed by atoms with Gasteiger partial charge in [-0.15, -0.1) is 11.8 Å². The molecule has 3 unspecified atom stereocenters. The minimum atomic E-state index is -0.323. The van der Waals surface area contributed by atoms with Crippen LogP contribution in [0.2, 0.25) is 0 Å². The van der Waals surface area contributed by atoms with Crippen molar-refractivity contribution >= 4 is 23.5 Å². The molecule has 0 spiro atoms. The Morgan fingerprint density at radius 3 is 2.80 bits per heavy atom. The van der Waals surface area contributed by atoms with E-state index in [1.54, 1.807) is 0 Å². The topological polar surface area (TPSA) is 59.2 Å². The van der Waals surface area contributed by atoms with Gasteiger partial charge < -0.3 is 9.63 Å². The molecule has 2 fully saturated rings. The highest BCUT2D eigenvalue weighted by molar-refractivity contribution is 8.06.